The molecule has 2 rings (SSSR count). The molecule has 0 spiro atoms. The van der Waals surface area contributed by atoms with Gasteiger partial charge in [-0.15, -0.1) is 0 Å². The summed E-state index contributed by atoms with van der Waals surface area (Å²) in [6, 6.07) is 7.24. The van der Waals surface area contributed by atoms with Gasteiger partial charge in [0.2, 0.25) is 9.84 Å². The van der Waals surface area contributed by atoms with Gasteiger partial charge >= 0.3 is 0 Å². The van der Waals surface area contributed by atoms with E-state index in [-0.39, 0.29) is 21.3 Å². The first-order chi connectivity index (χ1) is 9.23. The molecule has 0 fully saturated rings. The van der Waals surface area contributed by atoms with E-state index in [2.05, 4.69) is 0 Å². The summed E-state index contributed by atoms with van der Waals surface area (Å²) in [5.74, 6) is -0.255. The third-order valence-corrected chi connectivity index (χ3v) is 5.21. The Morgan fingerprint density at radius 2 is 1.45 bits per heavy atom. The average Bonchev–Trinajstić information content (AvgIpc) is 2.30. The number of phenols is 2. The van der Waals surface area contributed by atoms with Crippen LogP contribution in [-0.2, 0) is 9.84 Å². The Morgan fingerprint density at radius 1 is 0.900 bits per heavy atom. The van der Waals surface area contributed by atoms with Crippen LogP contribution < -0.4 is 0 Å². The number of rotatable bonds is 2. The van der Waals surface area contributed by atoms with Gasteiger partial charge in [0, 0.05) is 0 Å². The van der Waals surface area contributed by atoms with Crippen molar-refractivity contribution in [1.29, 1.82) is 0 Å². The number of benzene rings is 2. The number of aromatic hydroxyl groups is 2. The molecular formula is C15H16O4S. The number of phenolic OH excluding ortho intramolecular Hbond substituents is 2. The lowest BCUT2D eigenvalue weighted by Crippen LogP contribution is -2.07. The Balaban J connectivity index is 2.77. The van der Waals surface area contributed by atoms with Crippen LogP contribution in [0.1, 0.15) is 16.7 Å². The van der Waals surface area contributed by atoms with Crippen molar-refractivity contribution in [2.45, 2.75) is 30.6 Å². The summed E-state index contributed by atoms with van der Waals surface area (Å²) in [5, 5.41) is 19.3. The van der Waals surface area contributed by atoms with Gasteiger partial charge in [-0.05, 0) is 61.7 Å². The molecule has 2 aromatic rings. The molecule has 0 aliphatic rings. The van der Waals surface area contributed by atoms with E-state index in [1.54, 1.807) is 26.8 Å². The van der Waals surface area contributed by atoms with Crippen LogP contribution in [0, 0.1) is 20.8 Å². The lowest BCUT2D eigenvalue weighted by Gasteiger charge is -2.13. The molecule has 106 valence electrons. The second-order valence-corrected chi connectivity index (χ2v) is 6.74. The van der Waals surface area contributed by atoms with Crippen LogP contribution in [0.2, 0.25) is 0 Å². The van der Waals surface area contributed by atoms with Crippen LogP contribution in [0.15, 0.2) is 40.1 Å². The fourth-order valence-electron chi connectivity index (χ4n) is 2.30. The van der Waals surface area contributed by atoms with Gasteiger partial charge in [-0.2, -0.15) is 0 Å². The minimum atomic E-state index is -3.83. The molecule has 0 unspecified atom stereocenters. The first kappa shape index (κ1) is 14.4. The first-order valence-corrected chi connectivity index (χ1v) is 7.56. The molecule has 0 saturated carbocycles. The summed E-state index contributed by atoms with van der Waals surface area (Å²) >= 11 is 0. The van der Waals surface area contributed by atoms with E-state index in [9.17, 15) is 18.6 Å². The lowest BCUT2D eigenvalue weighted by atomic mass is 10.1. The predicted molar refractivity (Wildman–Crippen MR) is 75.9 cm³/mol. The fraction of sp³-hybridized carbons (Fsp3) is 0.200. The zero-order valence-electron chi connectivity index (χ0n) is 11.5. The monoisotopic (exact) mass is 292 g/mol. The van der Waals surface area contributed by atoms with Gasteiger partial charge < -0.3 is 10.2 Å². The highest BCUT2D eigenvalue weighted by molar-refractivity contribution is 7.91. The summed E-state index contributed by atoms with van der Waals surface area (Å²) in [7, 11) is -3.83. The topological polar surface area (TPSA) is 74.6 Å². The van der Waals surface area contributed by atoms with E-state index in [1.807, 2.05) is 0 Å². The highest BCUT2D eigenvalue weighted by Gasteiger charge is 2.25. The van der Waals surface area contributed by atoms with Crippen molar-refractivity contribution in [3.8, 4) is 11.5 Å². The molecule has 20 heavy (non-hydrogen) atoms. The number of sulfone groups is 1. The molecule has 0 aromatic heterocycles. The third-order valence-electron chi connectivity index (χ3n) is 3.12. The minimum absolute atomic E-state index is 0.0208. The summed E-state index contributed by atoms with van der Waals surface area (Å²) in [4.78, 5) is 0.00518. The summed E-state index contributed by atoms with van der Waals surface area (Å²) in [6.07, 6.45) is 0. The molecule has 0 aliphatic heterocycles. The van der Waals surface area contributed by atoms with Gasteiger partial charge in [0.1, 0.15) is 16.4 Å². The normalized spacial score (nSPS) is 11.6. The first-order valence-electron chi connectivity index (χ1n) is 6.08. The van der Waals surface area contributed by atoms with Crippen LogP contribution >= 0.6 is 0 Å². The van der Waals surface area contributed by atoms with Gasteiger partial charge in [-0.1, -0.05) is 6.07 Å². The van der Waals surface area contributed by atoms with Crippen molar-refractivity contribution >= 4 is 9.84 Å². The molecule has 2 N–H and O–H groups in total. The maximum Gasteiger partial charge on any atom is 0.210 e. The Bertz CT molecular complexity index is 753. The summed E-state index contributed by atoms with van der Waals surface area (Å²) in [5.41, 5.74) is 1.64. The molecule has 5 heteroatoms. The standard InChI is InChI=1S/C15H16O4S/c1-9-4-5-13(17)14(6-9)20(18,19)15-10(2)7-12(16)8-11(15)3/h4-8,16-17H,1-3H3. The second kappa shape index (κ2) is 4.83. The quantitative estimate of drug-likeness (QED) is 0.892. The summed E-state index contributed by atoms with van der Waals surface area (Å²) < 4.78 is 25.4. The lowest BCUT2D eigenvalue weighted by molar-refractivity contribution is 0.458. The number of hydrogen-bond donors (Lipinski definition) is 2. The van der Waals surface area contributed by atoms with E-state index >= 15 is 0 Å². The molecule has 0 aliphatic carbocycles. The Labute approximate surface area is 118 Å². The largest absolute Gasteiger partial charge is 0.508 e. The van der Waals surface area contributed by atoms with Crippen molar-refractivity contribution < 1.29 is 18.6 Å². The van der Waals surface area contributed by atoms with Crippen LogP contribution in [0.4, 0.5) is 0 Å². The van der Waals surface area contributed by atoms with Gasteiger partial charge in [-0.3, -0.25) is 0 Å². The van der Waals surface area contributed by atoms with Crippen molar-refractivity contribution in [3.05, 3.63) is 47.0 Å². The van der Waals surface area contributed by atoms with E-state index in [0.717, 1.165) is 5.56 Å². The second-order valence-electron chi connectivity index (χ2n) is 4.88. The molecule has 0 radical (unpaired) electrons. The average molecular weight is 292 g/mol. The third kappa shape index (κ3) is 2.36. The van der Waals surface area contributed by atoms with Crippen LogP contribution in [0.5, 0.6) is 11.5 Å². The predicted octanol–water partition coefficient (Wildman–Crippen LogP) is 2.86. The highest BCUT2D eigenvalue weighted by Crippen LogP contribution is 2.34. The zero-order valence-corrected chi connectivity index (χ0v) is 12.3. The van der Waals surface area contributed by atoms with Crippen LogP contribution in [0.3, 0.4) is 0 Å². The van der Waals surface area contributed by atoms with E-state index in [0.29, 0.717) is 11.1 Å². The van der Waals surface area contributed by atoms with Crippen LogP contribution in [0.25, 0.3) is 0 Å². The van der Waals surface area contributed by atoms with E-state index in [4.69, 9.17) is 0 Å². The smallest absolute Gasteiger partial charge is 0.210 e. The maximum absolute atomic E-state index is 12.7. The summed E-state index contributed by atoms with van der Waals surface area (Å²) in [6.45, 7) is 4.99. The molecular weight excluding hydrogens is 276 g/mol. The zero-order chi connectivity index (χ0) is 15.1. The molecule has 0 saturated heterocycles. The molecule has 4 nitrogen and oxygen atoms in total. The van der Waals surface area contributed by atoms with Crippen molar-refractivity contribution in [2.75, 3.05) is 0 Å². The maximum atomic E-state index is 12.7. The molecule has 0 bridgehead atoms. The highest BCUT2D eigenvalue weighted by atomic mass is 32.2. The Hall–Kier alpha value is -2.01. The van der Waals surface area contributed by atoms with E-state index in [1.165, 1.54) is 24.3 Å². The van der Waals surface area contributed by atoms with Crippen molar-refractivity contribution in [1.82, 2.24) is 0 Å². The van der Waals surface area contributed by atoms with Gasteiger partial charge in [0.05, 0.1) is 4.90 Å². The van der Waals surface area contributed by atoms with Crippen LogP contribution in [-0.4, -0.2) is 18.6 Å². The van der Waals surface area contributed by atoms with Crippen molar-refractivity contribution in [2.24, 2.45) is 0 Å². The molecule has 0 atom stereocenters. The van der Waals surface area contributed by atoms with Crippen molar-refractivity contribution in [3.63, 3.8) is 0 Å². The van der Waals surface area contributed by atoms with Gasteiger partial charge in [0.15, 0.2) is 0 Å². The van der Waals surface area contributed by atoms with Gasteiger partial charge in [-0.25, -0.2) is 8.42 Å². The number of hydrogen-bond acceptors (Lipinski definition) is 4. The number of aryl methyl sites for hydroxylation is 3. The minimum Gasteiger partial charge on any atom is -0.508 e. The molecule has 2 aromatic carbocycles. The fourth-order valence-corrected chi connectivity index (χ4v) is 4.17. The SMILES string of the molecule is Cc1ccc(O)c(S(=O)(=O)c2c(C)cc(O)cc2C)c1. The molecule has 0 heterocycles. The van der Waals surface area contributed by atoms with E-state index < -0.39 is 9.84 Å². The Morgan fingerprint density at radius 3 is 2.00 bits per heavy atom. The van der Waals surface area contributed by atoms with Gasteiger partial charge in [0.25, 0.3) is 0 Å². The Kier molecular flexibility index (Phi) is 3.48. The molecule has 0 amide bonds.